The van der Waals surface area contributed by atoms with Crippen LogP contribution in [0.5, 0.6) is 0 Å². The Kier molecular flexibility index (Phi) is 5.11. The van der Waals surface area contributed by atoms with Crippen LogP contribution in [0.25, 0.3) is 39.1 Å². The molecular formula is C28H20N6O2. The molecule has 4 aromatic heterocycles. The highest BCUT2D eigenvalue weighted by Crippen LogP contribution is 2.33. The van der Waals surface area contributed by atoms with E-state index in [0.29, 0.717) is 22.3 Å². The quantitative estimate of drug-likeness (QED) is 0.293. The summed E-state index contributed by atoms with van der Waals surface area (Å²) in [6.07, 6.45) is 4.79. The smallest absolute Gasteiger partial charge is 0.256 e. The van der Waals surface area contributed by atoms with Crippen LogP contribution < -0.4 is 10.0 Å². The first-order valence-electron chi connectivity index (χ1n) is 11.4. The molecular weight excluding hydrogens is 452 g/mol. The maximum atomic E-state index is 13.0. The summed E-state index contributed by atoms with van der Waals surface area (Å²) in [6, 6.07) is 24.0. The van der Waals surface area contributed by atoms with Gasteiger partial charge in [-0.3, -0.25) is 4.79 Å². The van der Waals surface area contributed by atoms with Gasteiger partial charge in [0.15, 0.2) is 11.8 Å². The van der Waals surface area contributed by atoms with Crippen LogP contribution in [-0.2, 0) is 0 Å². The van der Waals surface area contributed by atoms with Gasteiger partial charge in [-0.2, -0.15) is 9.83 Å². The van der Waals surface area contributed by atoms with Crippen LogP contribution in [0.1, 0.15) is 15.9 Å². The lowest BCUT2D eigenvalue weighted by atomic mass is 10.0. The summed E-state index contributed by atoms with van der Waals surface area (Å²) < 4.78 is 2.57. The molecule has 8 heteroatoms. The van der Waals surface area contributed by atoms with Crippen molar-refractivity contribution in [1.82, 2.24) is 19.6 Å². The minimum Gasteiger partial charge on any atom is -0.618 e. The van der Waals surface area contributed by atoms with Gasteiger partial charge in [-0.15, -0.1) is 0 Å². The summed E-state index contributed by atoms with van der Waals surface area (Å²) in [5, 5.41) is 20.0. The first-order valence-corrected chi connectivity index (χ1v) is 11.4. The molecule has 0 atom stereocenters. The molecule has 0 unspecified atom stereocenters. The van der Waals surface area contributed by atoms with Crippen molar-refractivity contribution in [3.8, 4) is 22.5 Å². The summed E-state index contributed by atoms with van der Waals surface area (Å²) in [5.74, 6) is 0.0728. The van der Waals surface area contributed by atoms with Crippen LogP contribution in [-0.4, -0.2) is 25.5 Å². The van der Waals surface area contributed by atoms with E-state index in [2.05, 4.69) is 21.5 Å². The third-order valence-electron chi connectivity index (χ3n) is 5.98. The van der Waals surface area contributed by atoms with E-state index in [4.69, 9.17) is 4.98 Å². The van der Waals surface area contributed by atoms with Gasteiger partial charge >= 0.3 is 0 Å². The maximum Gasteiger partial charge on any atom is 0.256 e. The Bertz CT molecular complexity index is 1780. The molecule has 0 bridgehead atoms. The number of hydrogen-bond donors (Lipinski definition) is 1. The van der Waals surface area contributed by atoms with Crippen molar-refractivity contribution in [1.29, 1.82) is 0 Å². The summed E-state index contributed by atoms with van der Waals surface area (Å²) in [4.78, 5) is 22.2. The zero-order valence-electron chi connectivity index (χ0n) is 19.3. The summed E-state index contributed by atoms with van der Waals surface area (Å²) in [6.45, 7) is 2.04. The second-order valence-corrected chi connectivity index (χ2v) is 8.46. The Morgan fingerprint density at radius 1 is 0.944 bits per heavy atom. The molecule has 0 saturated heterocycles. The van der Waals surface area contributed by atoms with Crippen LogP contribution in [0.4, 0.5) is 5.82 Å². The molecule has 1 amide bonds. The predicted octanol–water partition coefficient (Wildman–Crippen LogP) is 4.81. The normalized spacial score (nSPS) is 11.1. The number of anilines is 1. The maximum absolute atomic E-state index is 13.0. The Labute approximate surface area is 206 Å². The molecule has 174 valence electrons. The molecule has 0 radical (unpaired) electrons. The minimum absolute atomic E-state index is 0.321. The van der Waals surface area contributed by atoms with Gasteiger partial charge in [-0.05, 0) is 55.5 Å². The van der Waals surface area contributed by atoms with Crippen LogP contribution in [0.15, 0.2) is 97.5 Å². The molecule has 6 aromatic rings. The van der Waals surface area contributed by atoms with Crippen LogP contribution in [0.2, 0.25) is 0 Å². The fourth-order valence-electron chi connectivity index (χ4n) is 4.31. The average molecular weight is 473 g/mol. The number of nitrogens with zero attached hydrogens (tertiary/aromatic N) is 5. The number of nitrogens with one attached hydrogen (secondary N) is 1. The number of fused-ring (bicyclic) bond motifs is 2. The van der Waals surface area contributed by atoms with Gasteiger partial charge in [-0.25, -0.2) is 14.5 Å². The third kappa shape index (κ3) is 3.80. The van der Waals surface area contributed by atoms with Crippen molar-refractivity contribution < 1.29 is 9.52 Å². The zero-order valence-corrected chi connectivity index (χ0v) is 19.3. The Morgan fingerprint density at radius 3 is 2.75 bits per heavy atom. The minimum atomic E-state index is -0.321. The topological polar surface area (TPSA) is 99.1 Å². The second kappa shape index (κ2) is 8.59. The molecule has 0 aliphatic carbocycles. The van der Waals surface area contributed by atoms with E-state index in [-0.39, 0.29) is 5.91 Å². The van der Waals surface area contributed by atoms with Crippen molar-refractivity contribution in [2.24, 2.45) is 0 Å². The van der Waals surface area contributed by atoms with Crippen molar-refractivity contribution in [3.63, 3.8) is 0 Å². The molecule has 8 nitrogen and oxygen atoms in total. The van der Waals surface area contributed by atoms with Gasteiger partial charge in [0.25, 0.3) is 5.91 Å². The molecule has 1 N–H and O–H groups in total. The summed E-state index contributed by atoms with van der Waals surface area (Å²) in [7, 11) is 0. The number of rotatable bonds is 4. The van der Waals surface area contributed by atoms with E-state index in [1.54, 1.807) is 47.2 Å². The van der Waals surface area contributed by atoms with E-state index in [1.807, 2.05) is 49.4 Å². The van der Waals surface area contributed by atoms with E-state index >= 15 is 0 Å². The van der Waals surface area contributed by atoms with Gasteiger partial charge in [0.2, 0.25) is 5.52 Å². The largest absolute Gasteiger partial charge is 0.618 e. The molecule has 0 aliphatic rings. The fourth-order valence-corrected chi connectivity index (χ4v) is 4.31. The third-order valence-corrected chi connectivity index (χ3v) is 5.98. The van der Waals surface area contributed by atoms with Gasteiger partial charge in [0.05, 0.1) is 5.69 Å². The lowest BCUT2D eigenvalue weighted by Crippen LogP contribution is -2.25. The first kappa shape index (κ1) is 21.4. The number of imidazole rings is 1. The SMILES string of the molecule is Cc1cccc(-c2nc3cccnn3c2-c2ccnc(NC(=O)c3ccc4c(ccc[n+]4[O-])c3)c2)c1. The molecule has 6 rings (SSSR count). The zero-order chi connectivity index (χ0) is 24.6. The van der Waals surface area contributed by atoms with E-state index < -0.39 is 0 Å². The number of pyridine rings is 2. The van der Waals surface area contributed by atoms with Crippen molar-refractivity contribution in [2.45, 2.75) is 6.92 Å². The molecule has 2 aromatic carbocycles. The molecule has 0 spiro atoms. The van der Waals surface area contributed by atoms with E-state index in [0.717, 1.165) is 38.5 Å². The lowest BCUT2D eigenvalue weighted by Gasteiger charge is -2.09. The Hall–Kier alpha value is -5.11. The first-order chi connectivity index (χ1) is 17.6. The van der Waals surface area contributed by atoms with Gasteiger partial charge in [0, 0.05) is 46.6 Å². The highest BCUT2D eigenvalue weighted by molar-refractivity contribution is 6.05. The Morgan fingerprint density at radius 2 is 1.86 bits per heavy atom. The van der Waals surface area contributed by atoms with Crippen molar-refractivity contribution in [2.75, 3.05) is 5.32 Å². The number of benzene rings is 2. The number of aromatic nitrogens is 5. The average Bonchev–Trinajstić information content (AvgIpc) is 3.29. The number of hydrogen-bond acceptors (Lipinski definition) is 5. The molecule has 0 fully saturated rings. The molecule has 36 heavy (non-hydrogen) atoms. The molecule has 0 aliphatic heterocycles. The lowest BCUT2D eigenvalue weighted by molar-refractivity contribution is -0.577. The summed E-state index contributed by atoms with van der Waals surface area (Å²) >= 11 is 0. The fraction of sp³-hybridized carbons (Fsp3) is 0.0357. The van der Waals surface area contributed by atoms with Gasteiger partial charge in [-0.1, -0.05) is 23.8 Å². The highest BCUT2D eigenvalue weighted by Gasteiger charge is 2.18. The van der Waals surface area contributed by atoms with Crippen molar-refractivity contribution in [3.05, 3.63) is 114 Å². The monoisotopic (exact) mass is 472 g/mol. The van der Waals surface area contributed by atoms with Crippen LogP contribution in [0, 0.1) is 12.1 Å². The second-order valence-electron chi connectivity index (χ2n) is 8.46. The molecule has 4 heterocycles. The van der Waals surface area contributed by atoms with Crippen LogP contribution in [0.3, 0.4) is 0 Å². The van der Waals surface area contributed by atoms with E-state index in [1.165, 1.54) is 6.20 Å². The number of aryl methyl sites for hydroxylation is 1. The Balaban J connectivity index is 1.39. The van der Waals surface area contributed by atoms with Gasteiger partial charge < -0.3 is 10.5 Å². The standard InChI is InChI=1S/C28H20N6O2/c1-18-5-2-6-20(15-18)26-27(34-25(32-26)8-3-12-30-34)21-11-13-29-24(17-21)31-28(35)22-9-10-23-19(16-22)7-4-14-33(23)36/h2-17H,1H3,(H,29,31,35). The number of carbonyl (C=O) groups excluding carboxylic acids is 1. The number of carbonyl (C=O) groups is 1. The van der Waals surface area contributed by atoms with E-state index in [9.17, 15) is 10.0 Å². The van der Waals surface area contributed by atoms with Crippen molar-refractivity contribution >= 4 is 28.3 Å². The predicted molar refractivity (Wildman–Crippen MR) is 137 cm³/mol. The summed E-state index contributed by atoms with van der Waals surface area (Å²) in [5.41, 5.74) is 6.16. The van der Waals surface area contributed by atoms with Crippen LogP contribution >= 0.6 is 0 Å². The molecule has 0 saturated carbocycles. The highest BCUT2D eigenvalue weighted by atomic mass is 16.5. The van der Waals surface area contributed by atoms with Gasteiger partial charge in [0.1, 0.15) is 11.5 Å². The number of amides is 1.